The van der Waals surface area contributed by atoms with Gasteiger partial charge in [0.2, 0.25) is 0 Å². The lowest BCUT2D eigenvalue weighted by molar-refractivity contribution is -0.112. The van der Waals surface area contributed by atoms with Gasteiger partial charge >= 0.3 is 0 Å². The Labute approximate surface area is 187 Å². The van der Waals surface area contributed by atoms with E-state index in [1.54, 1.807) is 61.7 Å². The van der Waals surface area contributed by atoms with E-state index in [9.17, 15) is 14.4 Å². The molecule has 1 N–H and O–H groups in total. The third-order valence-electron chi connectivity index (χ3n) is 4.26. The summed E-state index contributed by atoms with van der Waals surface area (Å²) < 4.78 is 24.7. The summed E-state index contributed by atoms with van der Waals surface area (Å²) in [6.45, 7) is 0.208. The lowest BCUT2D eigenvalue weighted by atomic mass is 10.1. The fourth-order valence-electron chi connectivity index (χ4n) is 2.70. The van der Waals surface area contributed by atoms with Crippen LogP contribution < -0.4 is 14.8 Å². The van der Waals surface area contributed by atoms with E-state index in [2.05, 4.69) is 21.2 Å². The van der Waals surface area contributed by atoms with Gasteiger partial charge in [0.05, 0.1) is 11.6 Å². The first-order chi connectivity index (χ1) is 15.0. The molecule has 1 amide bonds. The molecule has 156 valence electrons. The molecule has 0 bridgehead atoms. The van der Waals surface area contributed by atoms with Gasteiger partial charge in [-0.15, -0.1) is 0 Å². The zero-order valence-corrected chi connectivity index (χ0v) is 18.1. The summed E-state index contributed by atoms with van der Waals surface area (Å²) in [7, 11) is 1.56. The lowest BCUT2D eigenvalue weighted by Crippen LogP contribution is -2.13. The van der Waals surface area contributed by atoms with Crippen LogP contribution in [0, 0.1) is 17.1 Å². The molecule has 0 spiro atoms. The second-order valence-electron chi connectivity index (χ2n) is 6.46. The molecule has 0 heterocycles. The second-order valence-corrected chi connectivity index (χ2v) is 7.32. The number of anilines is 1. The Morgan fingerprint density at radius 3 is 2.58 bits per heavy atom. The van der Waals surface area contributed by atoms with Crippen LogP contribution in [0.1, 0.15) is 11.1 Å². The number of hydrogen-bond donors (Lipinski definition) is 1. The van der Waals surface area contributed by atoms with Crippen molar-refractivity contribution in [3.63, 3.8) is 0 Å². The van der Waals surface area contributed by atoms with E-state index in [-0.39, 0.29) is 18.0 Å². The monoisotopic (exact) mass is 480 g/mol. The quantitative estimate of drug-likeness (QED) is 0.346. The highest BCUT2D eigenvalue weighted by Crippen LogP contribution is 2.28. The second kappa shape index (κ2) is 10.4. The van der Waals surface area contributed by atoms with E-state index in [1.807, 2.05) is 6.07 Å². The van der Waals surface area contributed by atoms with Crippen molar-refractivity contribution in [2.75, 3.05) is 12.4 Å². The van der Waals surface area contributed by atoms with Gasteiger partial charge in [0.25, 0.3) is 5.91 Å². The van der Waals surface area contributed by atoms with Gasteiger partial charge in [-0.1, -0.05) is 18.2 Å². The first kappa shape index (κ1) is 22.1. The molecule has 0 atom stereocenters. The highest BCUT2D eigenvalue weighted by atomic mass is 79.9. The predicted octanol–water partition coefficient (Wildman–Crippen LogP) is 5.72. The molecule has 0 aliphatic rings. The summed E-state index contributed by atoms with van der Waals surface area (Å²) >= 11 is 3.43. The van der Waals surface area contributed by atoms with E-state index in [1.165, 1.54) is 18.2 Å². The minimum absolute atomic E-state index is 0.0452. The Kier molecular flexibility index (Phi) is 7.41. The maximum atomic E-state index is 13.3. The van der Waals surface area contributed by atoms with Gasteiger partial charge in [0.15, 0.2) is 0 Å². The molecule has 5 nitrogen and oxygen atoms in total. The minimum Gasteiger partial charge on any atom is -0.497 e. The number of ether oxygens (including phenoxy) is 2. The van der Waals surface area contributed by atoms with E-state index >= 15 is 0 Å². The number of carbonyl (C=O) groups is 1. The van der Waals surface area contributed by atoms with Crippen molar-refractivity contribution in [1.82, 2.24) is 0 Å². The first-order valence-corrected chi connectivity index (χ1v) is 10.0. The van der Waals surface area contributed by atoms with Crippen LogP contribution >= 0.6 is 15.9 Å². The predicted molar refractivity (Wildman–Crippen MR) is 120 cm³/mol. The summed E-state index contributed by atoms with van der Waals surface area (Å²) in [6.07, 6.45) is 1.49. The van der Waals surface area contributed by atoms with Gasteiger partial charge in [0.1, 0.15) is 35.6 Å². The van der Waals surface area contributed by atoms with Crippen LogP contribution in [0.5, 0.6) is 11.5 Å². The van der Waals surface area contributed by atoms with Gasteiger partial charge in [-0.2, -0.15) is 5.26 Å². The standard InChI is InChI=1S/C24H18BrFN2O3/c1-30-21-8-6-20(7-9-21)28-24(29)18(14-27)11-16-5-10-23(22(25)13-16)31-15-17-3-2-4-19(26)12-17/h2-13H,15H2,1H3,(H,28,29)/b18-11-. The summed E-state index contributed by atoms with van der Waals surface area (Å²) in [6, 6.07) is 20.1. The molecule has 0 aliphatic heterocycles. The van der Waals surface area contributed by atoms with E-state index in [0.29, 0.717) is 32.8 Å². The van der Waals surface area contributed by atoms with E-state index in [4.69, 9.17) is 9.47 Å². The first-order valence-electron chi connectivity index (χ1n) is 9.22. The number of methoxy groups -OCH3 is 1. The Morgan fingerprint density at radius 2 is 1.94 bits per heavy atom. The van der Waals surface area contributed by atoms with Crippen molar-refractivity contribution in [2.45, 2.75) is 6.61 Å². The third-order valence-corrected chi connectivity index (χ3v) is 4.88. The Morgan fingerprint density at radius 1 is 1.16 bits per heavy atom. The maximum absolute atomic E-state index is 13.3. The van der Waals surface area contributed by atoms with Crippen molar-refractivity contribution in [2.24, 2.45) is 0 Å². The molecular formula is C24H18BrFN2O3. The fourth-order valence-corrected chi connectivity index (χ4v) is 3.21. The number of benzene rings is 3. The molecular weight excluding hydrogens is 463 g/mol. The minimum atomic E-state index is -0.518. The summed E-state index contributed by atoms with van der Waals surface area (Å²) in [4.78, 5) is 12.4. The van der Waals surface area contributed by atoms with Crippen molar-refractivity contribution >= 4 is 33.6 Å². The Balaban J connectivity index is 1.69. The number of nitrogens with zero attached hydrogens (tertiary/aromatic N) is 1. The SMILES string of the molecule is COc1ccc(NC(=O)/C(C#N)=C\c2ccc(OCc3cccc(F)c3)c(Br)c2)cc1. The van der Waals surface area contributed by atoms with Gasteiger partial charge in [0, 0.05) is 5.69 Å². The zero-order valence-electron chi connectivity index (χ0n) is 16.6. The average molecular weight is 481 g/mol. The summed E-state index contributed by atoms with van der Waals surface area (Å²) in [5.74, 6) is 0.383. The molecule has 31 heavy (non-hydrogen) atoms. The van der Waals surface area contributed by atoms with Gasteiger partial charge in [-0.3, -0.25) is 4.79 Å². The smallest absolute Gasteiger partial charge is 0.266 e. The van der Waals surface area contributed by atoms with Crippen molar-refractivity contribution in [3.05, 3.63) is 93.7 Å². The maximum Gasteiger partial charge on any atom is 0.266 e. The zero-order chi connectivity index (χ0) is 22.2. The summed E-state index contributed by atoms with van der Waals surface area (Å²) in [5.41, 5.74) is 1.86. The van der Waals surface area contributed by atoms with E-state index < -0.39 is 5.91 Å². The van der Waals surface area contributed by atoms with Crippen molar-refractivity contribution in [1.29, 1.82) is 5.26 Å². The highest BCUT2D eigenvalue weighted by Gasteiger charge is 2.11. The Hall–Kier alpha value is -3.63. The molecule has 3 aromatic rings. The van der Waals surface area contributed by atoms with E-state index in [0.717, 1.165) is 0 Å². The van der Waals surface area contributed by atoms with Crippen LogP contribution in [0.3, 0.4) is 0 Å². The largest absolute Gasteiger partial charge is 0.497 e. The molecule has 3 rings (SSSR count). The van der Waals surface area contributed by atoms with Gasteiger partial charge in [-0.05, 0) is 81.7 Å². The number of nitriles is 1. The molecule has 0 saturated heterocycles. The van der Waals surface area contributed by atoms with Crippen LogP contribution in [0.4, 0.5) is 10.1 Å². The number of nitrogens with one attached hydrogen (secondary N) is 1. The number of carbonyl (C=O) groups excluding carboxylic acids is 1. The molecule has 7 heteroatoms. The van der Waals surface area contributed by atoms with Crippen LogP contribution in [0.25, 0.3) is 6.08 Å². The molecule has 0 fully saturated rings. The number of rotatable bonds is 7. The average Bonchev–Trinajstić information content (AvgIpc) is 2.77. The molecule has 0 aromatic heterocycles. The molecule has 0 unspecified atom stereocenters. The molecule has 0 saturated carbocycles. The van der Waals surface area contributed by atoms with Crippen molar-refractivity contribution < 1.29 is 18.7 Å². The summed E-state index contributed by atoms with van der Waals surface area (Å²) in [5, 5.41) is 12.1. The topological polar surface area (TPSA) is 71.3 Å². The van der Waals surface area contributed by atoms with Crippen LogP contribution in [-0.4, -0.2) is 13.0 Å². The van der Waals surface area contributed by atoms with Crippen molar-refractivity contribution in [3.8, 4) is 17.6 Å². The molecule has 0 radical (unpaired) electrons. The lowest BCUT2D eigenvalue weighted by Gasteiger charge is -2.09. The number of halogens is 2. The highest BCUT2D eigenvalue weighted by molar-refractivity contribution is 9.10. The molecule has 3 aromatic carbocycles. The van der Waals surface area contributed by atoms with Crippen LogP contribution in [-0.2, 0) is 11.4 Å². The molecule has 0 aliphatic carbocycles. The third kappa shape index (κ3) is 6.17. The fraction of sp³-hybridized carbons (Fsp3) is 0.0833. The van der Waals surface area contributed by atoms with Crippen LogP contribution in [0.15, 0.2) is 76.8 Å². The Bertz CT molecular complexity index is 1150. The van der Waals surface area contributed by atoms with Gasteiger partial charge in [-0.25, -0.2) is 4.39 Å². The number of amides is 1. The van der Waals surface area contributed by atoms with Crippen LogP contribution in [0.2, 0.25) is 0 Å². The normalized spacial score (nSPS) is 10.8. The number of hydrogen-bond acceptors (Lipinski definition) is 4. The van der Waals surface area contributed by atoms with Gasteiger partial charge < -0.3 is 14.8 Å².